The lowest BCUT2D eigenvalue weighted by molar-refractivity contribution is -0.139. The quantitative estimate of drug-likeness (QED) is 0.824. The Morgan fingerprint density at radius 1 is 1.23 bits per heavy atom. The molecular formula is C19H24N2O5. The van der Waals surface area contributed by atoms with E-state index in [2.05, 4.69) is 35.8 Å². The van der Waals surface area contributed by atoms with Gasteiger partial charge in [-0.3, -0.25) is 14.6 Å². The molecule has 0 radical (unpaired) electrons. The fraction of sp³-hybridized carbons (Fsp3) is 0.474. The number of methoxy groups -OCH3 is 1. The van der Waals surface area contributed by atoms with Crippen LogP contribution in [0.3, 0.4) is 0 Å². The van der Waals surface area contributed by atoms with Gasteiger partial charge in [0.15, 0.2) is 0 Å². The van der Waals surface area contributed by atoms with E-state index in [1.165, 1.54) is 7.11 Å². The van der Waals surface area contributed by atoms with Crippen molar-refractivity contribution in [3.8, 4) is 0 Å². The maximum atomic E-state index is 12.3. The van der Waals surface area contributed by atoms with Crippen LogP contribution in [-0.4, -0.2) is 49.9 Å². The predicted molar refractivity (Wildman–Crippen MR) is 96.3 cm³/mol. The Morgan fingerprint density at radius 3 is 2.46 bits per heavy atom. The van der Waals surface area contributed by atoms with Crippen LogP contribution in [0.1, 0.15) is 43.1 Å². The summed E-state index contributed by atoms with van der Waals surface area (Å²) in [6, 6.07) is 7.25. The van der Waals surface area contributed by atoms with Crippen molar-refractivity contribution in [2.75, 3.05) is 20.2 Å². The first-order chi connectivity index (χ1) is 12.2. The van der Waals surface area contributed by atoms with Crippen molar-refractivity contribution in [2.45, 2.75) is 38.7 Å². The highest BCUT2D eigenvalue weighted by atomic mass is 16.5. The number of nitrogens with zero attached hydrogens (tertiary/aromatic N) is 1. The Hall–Kier alpha value is -2.70. The topological polar surface area (TPSA) is 94.1 Å². The van der Waals surface area contributed by atoms with Gasteiger partial charge in [0.05, 0.1) is 32.2 Å². The van der Waals surface area contributed by atoms with Crippen molar-refractivity contribution in [3.63, 3.8) is 0 Å². The third kappa shape index (κ3) is 5.15. The van der Waals surface area contributed by atoms with E-state index in [4.69, 9.17) is 4.74 Å². The van der Waals surface area contributed by atoms with E-state index in [1.54, 1.807) is 12.1 Å². The molecule has 1 aliphatic rings. The third-order valence-corrected chi connectivity index (χ3v) is 4.04. The zero-order valence-corrected chi connectivity index (χ0v) is 15.5. The van der Waals surface area contributed by atoms with Crippen LogP contribution >= 0.6 is 0 Å². The molecule has 0 aliphatic carbocycles. The molecule has 0 aromatic heterocycles. The van der Waals surface area contributed by atoms with Gasteiger partial charge in [-0.2, -0.15) is 0 Å². The maximum absolute atomic E-state index is 12.3. The molecule has 7 nitrogen and oxygen atoms in total. The number of benzene rings is 1. The molecule has 1 N–H and O–H groups in total. The second-order valence-corrected chi connectivity index (χ2v) is 7.10. The highest BCUT2D eigenvalue weighted by Crippen LogP contribution is 2.22. The Labute approximate surface area is 152 Å². The fourth-order valence-corrected chi connectivity index (χ4v) is 2.41. The van der Waals surface area contributed by atoms with Crippen LogP contribution in [0.15, 0.2) is 29.3 Å². The largest absolute Gasteiger partial charge is 0.469 e. The number of esters is 2. The molecule has 7 heteroatoms. The van der Waals surface area contributed by atoms with E-state index in [9.17, 15) is 14.4 Å². The molecule has 0 unspecified atom stereocenters. The van der Waals surface area contributed by atoms with Crippen LogP contribution in [0, 0.1) is 0 Å². The highest BCUT2D eigenvalue weighted by molar-refractivity contribution is 6.41. The Bertz CT molecular complexity index is 716. The summed E-state index contributed by atoms with van der Waals surface area (Å²) in [5, 5.41) is 2.61. The molecule has 1 amide bonds. The van der Waals surface area contributed by atoms with E-state index in [-0.39, 0.29) is 30.6 Å². The highest BCUT2D eigenvalue weighted by Gasteiger charge is 2.24. The third-order valence-electron chi connectivity index (χ3n) is 4.04. The maximum Gasteiger partial charge on any atom is 0.338 e. The number of aliphatic imine (C=N–C) groups is 1. The number of ether oxygens (including phenoxy) is 2. The molecule has 1 atom stereocenters. The van der Waals surface area contributed by atoms with Crippen LogP contribution in [0.25, 0.3) is 0 Å². The second-order valence-electron chi connectivity index (χ2n) is 7.10. The van der Waals surface area contributed by atoms with Gasteiger partial charge < -0.3 is 14.8 Å². The van der Waals surface area contributed by atoms with E-state index in [0.717, 1.165) is 5.56 Å². The molecule has 0 saturated carbocycles. The first-order valence-corrected chi connectivity index (χ1v) is 8.40. The molecule has 1 aromatic rings. The predicted octanol–water partition coefficient (Wildman–Crippen LogP) is 1.64. The fourth-order valence-electron chi connectivity index (χ4n) is 2.41. The van der Waals surface area contributed by atoms with Crippen LogP contribution in [0.2, 0.25) is 0 Å². The SMILES string of the molecule is COC(=O)CC1=NC[C@@H](OC(=O)c2ccc(C(C)(C)C)cc2)CNC1=O. The van der Waals surface area contributed by atoms with Crippen molar-refractivity contribution in [1.82, 2.24) is 5.32 Å². The normalized spacial score (nSPS) is 17.6. The zero-order chi connectivity index (χ0) is 19.3. The van der Waals surface area contributed by atoms with Crippen molar-refractivity contribution < 1.29 is 23.9 Å². The molecule has 140 valence electrons. The van der Waals surface area contributed by atoms with Crippen LogP contribution in [0.4, 0.5) is 0 Å². The smallest absolute Gasteiger partial charge is 0.338 e. The molecular weight excluding hydrogens is 336 g/mol. The molecule has 2 rings (SSSR count). The zero-order valence-electron chi connectivity index (χ0n) is 15.5. The lowest BCUT2D eigenvalue weighted by atomic mass is 9.87. The number of hydrogen-bond acceptors (Lipinski definition) is 6. The summed E-state index contributed by atoms with van der Waals surface area (Å²) < 4.78 is 9.97. The van der Waals surface area contributed by atoms with Gasteiger partial charge in [-0.05, 0) is 23.1 Å². The van der Waals surface area contributed by atoms with E-state index in [0.29, 0.717) is 5.56 Å². The molecule has 1 aromatic carbocycles. The standard InChI is InChI=1S/C19H24N2O5/c1-19(2,3)13-7-5-12(6-8-13)18(24)26-14-10-20-15(9-16(22)25-4)17(23)21-11-14/h5-8,14H,9-11H2,1-4H3,(H,21,23)/t14-/m1/s1. The van der Waals surface area contributed by atoms with E-state index >= 15 is 0 Å². The first kappa shape index (κ1) is 19.6. The van der Waals surface area contributed by atoms with Crippen molar-refractivity contribution in [3.05, 3.63) is 35.4 Å². The van der Waals surface area contributed by atoms with Gasteiger partial charge in [0.2, 0.25) is 0 Å². The average molecular weight is 360 g/mol. The number of rotatable bonds is 4. The Morgan fingerprint density at radius 2 is 1.88 bits per heavy atom. The van der Waals surface area contributed by atoms with Crippen LogP contribution in [0.5, 0.6) is 0 Å². The minimum absolute atomic E-state index is 0.00123. The minimum Gasteiger partial charge on any atom is -0.469 e. The van der Waals surface area contributed by atoms with Gasteiger partial charge in [0.25, 0.3) is 5.91 Å². The second kappa shape index (κ2) is 8.12. The van der Waals surface area contributed by atoms with Crippen molar-refractivity contribution >= 4 is 23.6 Å². The number of nitrogens with one attached hydrogen (secondary N) is 1. The van der Waals surface area contributed by atoms with Crippen LogP contribution in [-0.2, 0) is 24.5 Å². The summed E-state index contributed by atoms with van der Waals surface area (Å²) in [6.07, 6.45) is -0.805. The Kier molecular flexibility index (Phi) is 6.13. The molecule has 0 spiro atoms. The van der Waals surface area contributed by atoms with Gasteiger partial charge >= 0.3 is 11.9 Å². The Balaban J connectivity index is 2.01. The lowest BCUT2D eigenvalue weighted by Gasteiger charge is -2.19. The van der Waals surface area contributed by atoms with Gasteiger partial charge in [0.1, 0.15) is 11.8 Å². The van der Waals surface area contributed by atoms with Crippen molar-refractivity contribution in [2.24, 2.45) is 4.99 Å². The molecule has 26 heavy (non-hydrogen) atoms. The molecule has 0 bridgehead atoms. The van der Waals surface area contributed by atoms with Crippen molar-refractivity contribution in [1.29, 1.82) is 0 Å². The van der Waals surface area contributed by atoms with Gasteiger partial charge in [0, 0.05) is 0 Å². The van der Waals surface area contributed by atoms with Gasteiger partial charge in [-0.1, -0.05) is 32.9 Å². The summed E-state index contributed by atoms with van der Waals surface area (Å²) in [6.45, 7) is 6.53. The average Bonchev–Trinajstić information content (AvgIpc) is 2.77. The van der Waals surface area contributed by atoms with Gasteiger partial charge in [-0.25, -0.2) is 4.79 Å². The number of carbonyl (C=O) groups is 3. The summed E-state index contributed by atoms with van der Waals surface area (Å²) in [5.41, 5.74) is 1.63. The van der Waals surface area contributed by atoms with E-state index in [1.807, 2.05) is 12.1 Å². The lowest BCUT2D eigenvalue weighted by Crippen LogP contribution is -2.36. The van der Waals surface area contributed by atoms with E-state index < -0.39 is 23.9 Å². The van der Waals surface area contributed by atoms with Gasteiger partial charge in [-0.15, -0.1) is 0 Å². The minimum atomic E-state index is -0.594. The molecule has 1 heterocycles. The molecule has 0 saturated heterocycles. The number of hydrogen-bond donors (Lipinski definition) is 1. The van der Waals surface area contributed by atoms with Crippen LogP contribution < -0.4 is 5.32 Å². The number of carbonyl (C=O) groups excluding carboxylic acids is 3. The molecule has 1 aliphatic heterocycles. The number of amides is 1. The summed E-state index contributed by atoms with van der Waals surface area (Å²) in [4.78, 5) is 39.6. The molecule has 0 fully saturated rings. The summed E-state index contributed by atoms with van der Waals surface area (Å²) in [7, 11) is 1.24. The first-order valence-electron chi connectivity index (χ1n) is 8.40. The monoisotopic (exact) mass is 360 g/mol. The summed E-state index contributed by atoms with van der Waals surface area (Å²) >= 11 is 0. The summed E-state index contributed by atoms with van der Waals surface area (Å²) in [5.74, 6) is -1.48.